The lowest BCUT2D eigenvalue weighted by atomic mass is 9.68. The summed E-state index contributed by atoms with van der Waals surface area (Å²) in [6.07, 6.45) is 2.36. The van der Waals surface area contributed by atoms with E-state index in [9.17, 15) is 14.4 Å². The molecule has 6 heteroatoms. The van der Waals surface area contributed by atoms with Crippen molar-refractivity contribution >= 4 is 22.7 Å². The molecule has 0 radical (unpaired) electrons. The Labute approximate surface area is 168 Å². The lowest BCUT2D eigenvalue weighted by Crippen LogP contribution is -2.39. The van der Waals surface area contributed by atoms with Gasteiger partial charge in [-0.05, 0) is 30.9 Å². The number of benzene rings is 1. The van der Waals surface area contributed by atoms with Gasteiger partial charge in [-0.15, -0.1) is 0 Å². The zero-order valence-corrected chi connectivity index (χ0v) is 16.9. The van der Waals surface area contributed by atoms with E-state index in [1.54, 1.807) is 31.2 Å². The van der Waals surface area contributed by atoms with Gasteiger partial charge in [0.2, 0.25) is 0 Å². The number of carbonyl (C=O) groups excluding carboxylic acids is 2. The number of Topliss-reactive ketones (excluding diaryl/α,β-unsaturated/α-hetero) is 1. The number of ether oxygens (including phenoxy) is 1. The Bertz CT molecular complexity index is 1170. The van der Waals surface area contributed by atoms with Crippen LogP contribution in [0.5, 0.6) is 0 Å². The van der Waals surface area contributed by atoms with Crippen molar-refractivity contribution in [3.05, 3.63) is 68.9 Å². The lowest BCUT2D eigenvalue weighted by molar-refractivity contribution is -0.136. The second-order valence-corrected chi connectivity index (χ2v) is 8.44. The fraction of sp³-hybridized carbons (Fsp3) is 0.348. The molecule has 1 aromatic heterocycles. The first-order valence-electron chi connectivity index (χ1n) is 9.56. The number of hydrogen-bond donors (Lipinski definition) is 1. The summed E-state index contributed by atoms with van der Waals surface area (Å²) in [5.74, 6) is -1.46. The number of nitrogens with one attached hydrogen (secondary N) is 1. The van der Waals surface area contributed by atoms with E-state index in [1.165, 1.54) is 13.4 Å². The maximum absolute atomic E-state index is 13.3. The maximum Gasteiger partial charge on any atom is 0.336 e. The van der Waals surface area contributed by atoms with Crippen molar-refractivity contribution in [2.24, 2.45) is 5.41 Å². The van der Waals surface area contributed by atoms with Gasteiger partial charge in [0.05, 0.1) is 30.3 Å². The van der Waals surface area contributed by atoms with E-state index in [0.717, 1.165) is 5.70 Å². The Morgan fingerprint density at radius 1 is 1.21 bits per heavy atom. The smallest absolute Gasteiger partial charge is 0.336 e. The molecule has 2 heterocycles. The summed E-state index contributed by atoms with van der Waals surface area (Å²) in [5.41, 5.74) is 2.33. The molecule has 1 atom stereocenters. The SMILES string of the molecule is COC(=O)C1=C(C)NC2=C(C(=O)CC(C)(C)C2)[C@H]1c1coc2ccccc2c1=O. The lowest BCUT2D eigenvalue weighted by Gasteiger charge is -2.39. The molecule has 1 N–H and O–H groups in total. The number of dihydropyridines is 1. The van der Waals surface area contributed by atoms with Crippen molar-refractivity contribution in [3.63, 3.8) is 0 Å². The molecule has 0 bridgehead atoms. The first kappa shape index (κ1) is 19.2. The Kier molecular flexibility index (Phi) is 4.45. The van der Waals surface area contributed by atoms with Crippen LogP contribution in [0.2, 0.25) is 0 Å². The van der Waals surface area contributed by atoms with Crippen LogP contribution in [0.15, 0.2) is 62.3 Å². The summed E-state index contributed by atoms with van der Waals surface area (Å²) in [7, 11) is 1.29. The molecule has 1 aromatic carbocycles. The molecule has 2 aliphatic rings. The summed E-state index contributed by atoms with van der Waals surface area (Å²) in [6, 6.07) is 6.94. The molecule has 0 saturated heterocycles. The van der Waals surface area contributed by atoms with E-state index in [1.807, 2.05) is 13.8 Å². The van der Waals surface area contributed by atoms with Crippen LogP contribution >= 0.6 is 0 Å². The minimum absolute atomic E-state index is 0.0739. The van der Waals surface area contributed by atoms with Gasteiger partial charge in [-0.3, -0.25) is 9.59 Å². The first-order valence-corrected chi connectivity index (χ1v) is 9.56. The third-order valence-corrected chi connectivity index (χ3v) is 5.66. The molecule has 2 aromatic rings. The van der Waals surface area contributed by atoms with Crippen molar-refractivity contribution in [3.8, 4) is 0 Å². The minimum atomic E-state index is -0.817. The van der Waals surface area contributed by atoms with Crippen molar-refractivity contribution < 1.29 is 18.7 Å². The average molecular weight is 393 g/mol. The standard InChI is InChI=1S/C23H23NO5/c1-12-18(22(27)28-4)19(20-15(24-12)9-23(2,3)10-16(20)25)14-11-29-17-8-6-5-7-13(17)21(14)26/h5-8,11,19,24H,9-10H2,1-4H3/t19-/m0/s1. The molecular weight excluding hydrogens is 370 g/mol. The third kappa shape index (κ3) is 3.09. The molecule has 1 aliphatic heterocycles. The zero-order valence-electron chi connectivity index (χ0n) is 16.9. The summed E-state index contributed by atoms with van der Waals surface area (Å²) >= 11 is 0. The molecule has 4 rings (SSSR count). The number of esters is 1. The van der Waals surface area contributed by atoms with Gasteiger partial charge >= 0.3 is 5.97 Å². The first-order chi connectivity index (χ1) is 13.7. The monoisotopic (exact) mass is 393 g/mol. The molecule has 29 heavy (non-hydrogen) atoms. The molecule has 0 amide bonds. The fourth-order valence-electron chi connectivity index (χ4n) is 4.42. The normalized spacial score (nSPS) is 21.1. The van der Waals surface area contributed by atoms with E-state index in [0.29, 0.717) is 35.1 Å². The van der Waals surface area contributed by atoms with Crippen LogP contribution in [0, 0.1) is 5.41 Å². The molecule has 6 nitrogen and oxygen atoms in total. The van der Waals surface area contributed by atoms with Crippen molar-refractivity contribution in [2.45, 2.75) is 39.5 Å². The average Bonchev–Trinajstić information content (AvgIpc) is 2.66. The number of carbonyl (C=O) groups is 2. The van der Waals surface area contributed by atoms with Crippen molar-refractivity contribution in [2.75, 3.05) is 7.11 Å². The number of rotatable bonds is 2. The number of hydrogen-bond acceptors (Lipinski definition) is 6. The molecule has 0 unspecified atom stereocenters. The van der Waals surface area contributed by atoms with E-state index in [-0.39, 0.29) is 27.8 Å². The molecule has 0 saturated carbocycles. The van der Waals surface area contributed by atoms with Gasteiger partial charge in [-0.2, -0.15) is 0 Å². The Morgan fingerprint density at radius 3 is 2.66 bits per heavy atom. The second kappa shape index (κ2) is 6.72. The van der Waals surface area contributed by atoms with Crippen LogP contribution in [0.3, 0.4) is 0 Å². The van der Waals surface area contributed by atoms with Crippen LogP contribution in [0.25, 0.3) is 11.0 Å². The third-order valence-electron chi connectivity index (χ3n) is 5.66. The Morgan fingerprint density at radius 2 is 1.93 bits per heavy atom. The topological polar surface area (TPSA) is 85.6 Å². The van der Waals surface area contributed by atoms with Crippen LogP contribution < -0.4 is 10.7 Å². The fourth-order valence-corrected chi connectivity index (χ4v) is 4.42. The highest BCUT2D eigenvalue weighted by Crippen LogP contribution is 2.46. The largest absolute Gasteiger partial charge is 0.466 e. The Hall–Kier alpha value is -3.15. The number of ketones is 1. The van der Waals surface area contributed by atoms with Crippen LogP contribution in [0.1, 0.15) is 45.1 Å². The summed E-state index contributed by atoms with van der Waals surface area (Å²) in [6.45, 7) is 5.83. The predicted molar refractivity (Wildman–Crippen MR) is 108 cm³/mol. The van der Waals surface area contributed by atoms with Gasteiger partial charge in [-0.25, -0.2) is 4.79 Å². The van der Waals surface area contributed by atoms with E-state index < -0.39 is 11.9 Å². The molecule has 0 spiro atoms. The van der Waals surface area contributed by atoms with Crippen molar-refractivity contribution in [1.82, 2.24) is 5.32 Å². The van der Waals surface area contributed by atoms with Gasteiger partial charge in [0.25, 0.3) is 0 Å². The molecule has 0 fully saturated rings. The molecular formula is C23H23NO5. The van der Waals surface area contributed by atoms with Crippen LogP contribution in [-0.2, 0) is 14.3 Å². The summed E-state index contributed by atoms with van der Waals surface area (Å²) in [5, 5.41) is 3.64. The highest BCUT2D eigenvalue weighted by atomic mass is 16.5. The van der Waals surface area contributed by atoms with Gasteiger partial charge in [-0.1, -0.05) is 26.0 Å². The summed E-state index contributed by atoms with van der Waals surface area (Å²) < 4.78 is 10.7. The van der Waals surface area contributed by atoms with E-state index >= 15 is 0 Å². The number of methoxy groups -OCH3 is 1. The highest BCUT2D eigenvalue weighted by Gasteiger charge is 2.44. The quantitative estimate of drug-likeness (QED) is 0.785. The number of fused-ring (bicyclic) bond motifs is 1. The number of para-hydroxylation sites is 1. The maximum atomic E-state index is 13.3. The van der Waals surface area contributed by atoms with E-state index in [4.69, 9.17) is 9.15 Å². The van der Waals surface area contributed by atoms with Gasteiger partial charge in [0.1, 0.15) is 5.58 Å². The Balaban J connectivity index is 2.00. The highest BCUT2D eigenvalue weighted by molar-refractivity contribution is 6.04. The predicted octanol–water partition coefficient (Wildman–Crippen LogP) is 3.57. The van der Waals surface area contributed by atoms with Crippen molar-refractivity contribution in [1.29, 1.82) is 0 Å². The summed E-state index contributed by atoms with van der Waals surface area (Å²) in [4.78, 5) is 39.1. The molecule has 150 valence electrons. The zero-order chi connectivity index (χ0) is 20.9. The number of allylic oxidation sites excluding steroid dienone is 3. The minimum Gasteiger partial charge on any atom is -0.466 e. The van der Waals surface area contributed by atoms with Gasteiger partial charge < -0.3 is 14.5 Å². The van der Waals surface area contributed by atoms with Crippen LogP contribution in [-0.4, -0.2) is 18.9 Å². The van der Waals surface area contributed by atoms with E-state index in [2.05, 4.69) is 5.32 Å². The molecule has 1 aliphatic carbocycles. The van der Waals surface area contributed by atoms with Gasteiger partial charge in [0.15, 0.2) is 11.2 Å². The van der Waals surface area contributed by atoms with Crippen LogP contribution in [0.4, 0.5) is 0 Å². The second-order valence-electron chi connectivity index (χ2n) is 8.44. The van der Waals surface area contributed by atoms with Gasteiger partial charge in [0, 0.05) is 29.0 Å².